The van der Waals surface area contributed by atoms with Crippen molar-refractivity contribution in [1.82, 2.24) is 5.43 Å². The molecule has 0 saturated heterocycles. The summed E-state index contributed by atoms with van der Waals surface area (Å²) in [5.74, 6) is 0.486. The third-order valence-electron chi connectivity index (χ3n) is 3.75. The molecule has 0 bridgehead atoms. The van der Waals surface area contributed by atoms with E-state index < -0.39 is 22.5 Å². The van der Waals surface area contributed by atoms with Crippen LogP contribution in [0.1, 0.15) is 5.56 Å². The molecular formula is C17H14BrCl2N3O5S. The Morgan fingerprint density at radius 3 is 2.66 bits per heavy atom. The summed E-state index contributed by atoms with van der Waals surface area (Å²) in [5, 5.41) is 4.29. The number of nitrogens with zero attached hydrogens (tertiary/aromatic N) is 2. The van der Waals surface area contributed by atoms with E-state index >= 15 is 0 Å². The van der Waals surface area contributed by atoms with Crippen LogP contribution >= 0.6 is 39.1 Å². The molecule has 12 heteroatoms. The lowest BCUT2D eigenvalue weighted by Gasteiger charge is -2.22. The van der Waals surface area contributed by atoms with E-state index in [0.29, 0.717) is 21.5 Å². The Bertz CT molecular complexity index is 1090. The van der Waals surface area contributed by atoms with Crippen molar-refractivity contribution in [1.29, 1.82) is 0 Å². The topological polar surface area (TPSA) is 97.3 Å². The van der Waals surface area contributed by atoms with Gasteiger partial charge >= 0.3 is 0 Å². The van der Waals surface area contributed by atoms with Gasteiger partial charge in [0.15, 0.2) is 11.5 Å². The fourth-order valence-electron chi connectivity index (χ4n) is 2.43. The van der Waals surface area contributed by atoms with E-state index in [9.17, 15) is 13.2 Å². The van der Waals surface area contributed by atoms with Gasteiger partial charge < -0.3 is 9.47 Å². The number of amides is 1. The summed E-state index contributed by atoms with van der Waals surface area (Å²) in [6, 6.07) is 7.74. The van der Waals surface area contributed by atoms with Gasteiger partial charge in [0.2, 0.25) is 16.8 Å². The van der Waals surface area contributed by atoms with E-state index in [2.05, 4.69) is 26.5 Å². The molecule has 0 atom stereocenters. The molecule has 1 aliphatic rings. The lowest BCUT2D eigenvalue weighted by molar-refractivity contribution is -0.119. The van der Waals surface area contributed by atoms with Gasteiger partial charge in [-0.1, -0.05) is 23.2 Å². The Balaban J connectivity index is 1.73. The number of fused-ring (bicyclic) bond motifs is 1. The predicted molar refractivity (Wildman–Crippen MR) is 115 cm³/mol. The highest BCUT2D eigenvalue weighted by atomic mass is 79.9. The van der Waals surface area contributed by atoms with Crippen LogP contribution in [-0.2, 0) is 14.8 Å². The fourth-order valence-corrected chi connectivity index (χ4v) is 4.15. The molecule has 1 N–H and O–H groups in total. The first kappa shape index (κ1) is 21.7. The van der Waals surface area contributed by atoms with Crippen molar-refractivity contribution < 1.29 is 22.7 Å². The third kappa shape index (κ3) is 5.33. The molecule has 1 amide bonds. The largest absolute Gasteiger partial charge is 0.454 e. The smallest absolute Gasteiger partial charge is 0.260 e. The van der Waals surface area contributed by atoms with Gasteiger partial charge in [-0.05, 0) is 46.3 Å². The van der Waals surface area contributed by atoms with Crippen LogP contribution in [0.3, 0.4) is 0 Å². The zero-order chi connectivity index (χ0) is 21.2. The predicted octanol–water partition coefficient (Wildman–Crippen LogP) is 3.40. The minimum absolute atomic E-state index is 0.0966. The number of nitrogens with one attached hydrogen (secondary N) is 1. The second kappa shape index (κ2) is 8.78. The van der Waals surface area contributed by atoms with Gasteiger partial charge in [0.1, 0.15) is 6.54 Å². The highest BCUT2D eigenvalue weighted by Crippen LogP contribution is 2.36. The van der Waals surface area contributed by atoms with E-state index in [1.807, 2.05) is 0 Å². The van der Waals surface area contributed by atoms with Crippen molar-refractivity contribution in [2.45, 2.75) is 0 Å². The summed E-state index contributed by atoms with van der Waals surface area (Å²) >= 11 is 15.4. The summed E-state index contributed by atoms with van der Waals surface area (Å²) in [6.07, 6.45) is 2.35. The summed E-state index contributed by atoms with van der Waals surface area (Å²) in [7, 11) is -3.80. The van der Waals surface area contributed by atoms with Crippen LogP contribution in [0.25, 0.3) is 0 Å². The highest BCUT2D eigenvalue weighted by molar-refractivity contribution is 9.10. The summed E-state index contributed by atoms with van der Waals surface area (Å²) < 4.78 is 36.4. The molecule has 0 unspecified atom stereocenters. The quantitative estimate of drug-likeness (QED) is 0.463. The van der Waals surface area contributed by atoms with Gasteiger partial charge in [0, 0.05) is 15.1 Å². The maximum Gasteiger partial charge on any atom is 0.260 e. The molecule has 0 aromatic heterocycles. The monoisotopic (exact) mass is 521 g/mol. The molecule has 0 saturated carbocycles. The Kier molecular flexibility index (Phi) is 6.57. The number of rotatable bonds is 6. The standard InChI is InChI=1S/C17H14BrCl2N3O5S/c1-29(25,26)23(14-5-11(19)2-3-13(14)20)8-17(24)22-21-7-10-4-15-16(6-12(10)18)28-9-27-15/h2-7H,8-9H2,1H3,(H,22,24)/b21-7-. The number of halogens is 3. The first-order valence-electron chi connectivity index (χ1n) is 7.99. The molecule has 1 aliphatic heterocycles. The number of anilines is 1. The average molecular weight is 523 g/mol. The highest BCUT2D eigenvalue weighted by Gasteiger charge is 2.23. The van der Waals surface area contributed by atoms with Gasteiger partial charge in [0.25, 0.3) is 5.91 Å². The molecular weight excluding hydrogens is 509 g/mol. The van der Waals surface area contributed by atoms with Gasteiger partial charge in [-0.25, -0.2) is 13.8 Å². The molecule has 0 radical (unpaired) electrons. The maximum atomic E-state index is 12.3. The van der Waals surface area contributed by atoms with Crippen molar-refractivity contribution in [2.75, 3.05) is 23.9 Å². The molecule has 1 heterocycles. The summed E-state index contributed by atoms with van der Waals surface area (Å²) in [6.45, 7) is -0.398. The second-order valence-electron chi connectivity index (χ2n) is 5.89. The van der Waals surface area contributed by atoms with Gasteiger partial charge in [-0.2, -0.15) is 5.10 Å². The van der Waals surface area contributed by atoms with E-state index in [1.165, 1.54) is 24.4 Å². The number of ether oxygens (including phenoxy) is 2. The maximum absolute atomic E-state index is 12.3. The Hall–Kier alpha value is -2.01. The first-order chi connectivity index (χ1) is 13.6. The number of carbonyl (C=O) groups is 1. The Labute approximate surface area is 185 Å². The molecule has 0 spiro atoms. The fraction of sp³-hybridized carbons (Fsp3) is 0.176. The zero-order valence-electron chi connectivity index (χ0n) is 14.9. The lowest BCUT2D eigenvalue weighted by Crippen LogP contribution is -2.39. The number of hydrogen-bond donors (Lipinski definition) is 1. The van der Waals surface area contributed by atoms with Crippen molar-refractivity contribution >= 4 is 67.0 Å². The number of carbonyl (C=O) groups excluding carboxylic acids is 1. The van der Waals surface area contributed by atoms with Crippen molar-refractivity contribution in [2.24, 2.45) is 5.10 Å². The normalized spacial score (nSPS) is 13.0. The minimum atomic E-state index is -3.80. The van der Waals surface area contributed by atoms with Crippen LogP contribution in [0.5, 0.6) is 11.5 Å². The number of benzene rings is 2. The Morgan fingerprint density at radius 2 is 1.97 bits per heavy atom. The van der Waals surface area contributed by atoms with Crippen molar-refractivity contribution in [3.8, 4) is 11.5 Å². The van der Waals surface area contributed by atoms with Crippen LogP contribution in [0.15, 0.2) is 39.9 Å². The number of sulfonamides is 1. The van der Waals surface area contributed by atoms with E-state index in [1.54, 1.807) is 12.1 Å². The third-order valence-corrected chi connectivity index (χ3v) is 6.12. The van der Waals surface area contributed by atoms with E-state index in [4.69, 9.17) is 32.7 Å². The Morgan fingerprint density at radius 1 is 1.28 bits per heavy atom. The first-order valence-corrected chi connectivity index (χ1v) is 11.4. The van der Waals surface area contributed by atoms with Crippen LogP contribution < -0.4 is 19.2 Å². The average Bonchev–Trinajstić information content (AvgIpc) is 3.08. The van der Waals surface area contributed by atoms with Gasteiger partial charge in [0.05, 0.1) is 23.2 Å². The van der Waals surface area contributed by atoms with Gasteiger partial charge in [-0.15, -0.1) is 0 Å². The van der Waals surface area contributed by atoms with Crippen LogP contribution in [0.2, 0.25) is 10.0 Å². The number of hydrazone groups is 1. The molecule has 2 aromatic carbocycles. The van der Waals surface area contributed by atoms with Gasteiger partial charge in [-0.3, -0.25) is 9.10 Å². The molecule has 3 rings (SSSR count). The van der Waals surface area contributed by atoms with Crippen molar-refractivity contribution in [3.05, 3.63) is 50.4 Å². The summed E-state index contributed by atoms with van der Waals surface area (Å²) in [5.41, 5.74) is 3.02. The van der Waals surface area contributed by atoms with E-state index in [-0.39, 0.29) is 22.5 Å². The van der Waals surface area contributed by atoms with Crippen LogP contribution in [0.4, 0.5) is 5.69 Å². The molecule has 29 heavy (non-hydrogen) atoms. The molecule has 154 valence electrons. The zero-order valence-corrected chi connectivity index (χ0v) is 18.8. The van der Waals surface area contributed by atoms with Crippen LogP contribution in [0, 0.1) is 0 Å². The minimum Gasteiger partial charge on any atom is -0.454 e. The SMILES string of the molecule is CS(=O)(=O)N(CC(=O)N/N=C\c1cc2c(cc1Br)OCO2)c1cc(Cl)ccc1Cl. The second-order valence-corrected chi connectivity index (χ2v) is 9.49. The molecule has 2 aromatic rings. The molecule has 8 nitrogen and oxygen atoms in total. The lowest BCUT2D eigenvalue weighted by atomic mass is 10.2. The molecule has 0 fully saturated rings. The summed E-state index contributed by atoms with van der Waals surface area (Å²) in [4.78, 5) is 12.3. The van der Waals surface area contributed by atoms with E-state index in [0.717, 1.165) is 10.6 Å². The number of hydrogen-bond acceptors (Lipinski definition) is 6. The van der Waals surface area contributed by atoms with Crippen molar-refractivity contribution in [3.63, 3.8) is 0 Å². The molecule has 0 aliphatic carbocycles. The van der Waals surface area contributed by atoms with Crippen LogP contribution in [-0.4, -0.2) is 40.1 Å².